The van der Waals surface area contributed by atoms with E-state index in [1.807, 2.05) is 20.8 Å². The van der Waals surface area contributed by atoms with E-state index < -0.39 is 0 Å². The largest absolute Gasteiger partial charge is 0.375 e. The van der Waals surface area contributed by atoms with Gasteiger partial charge in [-0.2, -0.15) is 0 Å². The maximum atomic E-state index is 12.4. The Morgan fingerprint density at radius 3 is 2.43 bits per heavy atom. The predicted octanol–water partition coefficient (Wildman–Crippen LogP) is 4.39. The molecule has 0 bridgehead atoms. The Morgan fingerprint density at radius 1 is 1.13 bits per heavy atom. The lowest BCUT2D eigenvalue weighted by atomic mass is 10.1. The van der Waals surface area contributed by atoms with Crippen LogP contribution in [0.15, 0.2) is 23.0 Å². The predicted molar refractivity (Wildman–Crippen MR) is 97.7 cm³/mol. The number of hydrogen-bond acceptors (Lipinski definition) is 4. The molecule has 0 spiro atoms. The lowest BCUT2D eigenvalue weighted by Crippen LogP contribution is -2.17. The quantitative estimate of drug-likeness (QED) is 0.750. The monoisotopic (exact) mass is 327 g/mol. The number of benzene rings is 1. The molecule has 2 N–H and O–H groups in total. The Kier molecular flexibility index (Phi) is 3.98. The Labute approximate surface area is 139 Å². The van der Waals surface area contributed by atoms with Crippen LogP contribution in [0.2, 0.25) is 0 Å². The summed E-state index contributed by atoms with van der Waals surface area (Å²) in [5.41, 5.74) is 4.43. The van der Waals surface area contributed by atoms with E-state index in [-0.39, 0.29) is 11.6 Å². The van der Waals surface area contributed by atoms with Gasteiger partial charge in [0.2, 0.25) is 0 Å². The van der Waals surface area contributed by atoms with Gasteiger partial charge in [-0.05, 0) is 63.4 Å². The van der Waals surface area contributed by atoms with Crippen LogP contribution in [0.25, 0.3) is 10.2 Å². The molecule has 0 aliphatic heterocycles. The van der Waals surface area contributed by atoms with Gasteiger partial charge >= 0.3 is 0 Å². The van der Waals surface area contributed by atoms with Crippen molar-refractivity contribution in [3.05, 3.63) is 55.9 Å². The second-order valence-corrected chi connectivity index (χ2v) is 7.36. The third-order valence-electron chi connectivity index (χ3n) is 4.07. The molecule has 1 aromatic carbocycles. The zero-order valence-corrected chi connectivity index (χ0v) is 14.9. The van der Waals surface area contributed by atoms with E-state index in [0.717, 1.165) is 26.3 Å². The number of thiophene rings is 1. The van der Waals surface area contributed by atoms with E-state index >= 15 is 0 Å². The van der Waals surface area contributed by atoms with Gasteiger partial charge < -0.3 is 10.3 Å². The van der Waals surface area contributed by atoms with Crippen molar-refractivity contribution in [2.45, 2.75) is 40.7 Å². The molecule has 0 saturated carbocycles. The van der Waals surface area contributed by atoms with Crippen molar-refractivity contribution in [1.82, 2.24) is 9.97 Å². The summed E-state index contributed by atoms with van der Waals surface area (Å²) in [6.07, 6.45) is 0. The molecule has 1 atom stereocenters. The minimum Gasteiger partial charge on any atom is -0.375 e. The van der Waals surface area contributed by atoms with E-state index in [1.165, 1.54) is 11.1 Å². The second-order valence-electron chi connectivity index (χ2n) is 6.16. The topological polar surface area (TPSA) is 57.8 Å². The molecule has 0 unspecified atom stereocenters. The highest BCUT2D eigenvalue weighted by molar-refractivity contribution is 7.18. The van der Waals surface area contributed by atoms with E-state index in [0.29, 0.717) is 5.82 Å². The average molecular weight is 327 g/mol. The van der Waals surface area contributed by atoms with Gasteiger partial charge in [-0.3, -0.25) is 4.79 Å². The molecule has 23 heavy (non-hydrogen) atoms. The lowest BCUT2D eigenvalue weighted by molar-refractivity contribution is 0.792. The molecular formula is C18H21N3OS. The Bertz CT molecular complexity index is 919. The van der Waals surface area contributed by atoms with E-state index in [9.17, 15) is 4.79 Å². The minimum absolute atomic E-state index is 0.0547. The molecule has 3 rings (SSSR count). The molecule has 2 aromatic heterocycles. The molecule has 4 nitrogen and oxygen atoms in total. The molecule has 0 aliphatic carbocycles. The SMILES string of the molecule is Cc1cc(C)cc(N[C@H](C)c2nc3sc(C)c(C)c3c(=O)[nH]2)c1. The summed E-state index contributed by atoms with van der Waals surface area (Å²) in [5.74, 6) is 0.669. The Hall–Kier alpha value is -2.14. The number of aromatic amines is 1. The lowest BCUT2D eigenvalue weighted by Gasteiger charge is -2.15. The highest BCUT2D eigenvalue weighted by Crippen LogP contribution is 2.27. The number of fused-ring (bicyclic) bond motifs is 1. The fourth-order valence-corrected chi connectivity index (χ4v) is 3.89. The fourth-order valence-electron chi connectivity index (χ4n) is 2.85. The first-order valence-corrected chi connectivity index (χ1v) is 8.51. The van der Waals surface area contributed by atoms with Gasteiger partial charge in [0.25, 0.3) is 5.56 Å². The van der Waals surface area contributed by atoms with Gasteiger partial charge in [0, 0.05) is 10.6 Å². The first-order chi connectivity index (χ1) is 10.8. The van der Waals surface area contributed by atoms with Crippen molar-refractivity contribution < 1.29 is 0 Å². The van der Waals surface area contributed by atoms with Crippen molar-refractivity contribution >= 4 is 27.2 Å². The Balaban J connectivity index is 1.97. The fraction of sp³-hybridized carbons (Fsp3) is 0.333. The summed E-state index contributed by atoms with van der Waals surface area (Å²) < 4.78 is 0. The highest BCUT2D eigenvalue weighted by Gasteiger charge is 2.15. The van der Waals surface area contributed by atoms with Crippen LogP contribution in [0.3, 0.4) is 0 Å². The molecule has 0 fully saturated rings. The van der Waals surface area contributed by atoms with Crippen molar-refractivity contribution in [3.63, 3.8) is 0 Å². The summed E-state index contributed by atoms with van der Waals surface area (Å²) >= 11 is 1.58. The van der Waals surface area contributed by atoms with Crippen molar-refractivity contribution in [2.75, 3.05) is 5.32 Å². The zero-order chi connectivity index (χ0) is 16.7. The first kappa shape index (κ1) is 15.7. The molecule has 120 valence electrons. The van der Waals surface area contributed by atoms with Gasteiger partial charge in [0.05, 0.1) is 11.4 Å². The minimum atomic E-state index is -0.0731. The van der Waals surface area contributed by atoms with Crippen LogP contribution < -0.4 is 10.9 Å². The number of hydrogen-bond donors (Lipinski definition) is 2. The normalized spacial score (nSPS) is 12.6. The number of aromatic nitrogens is 2. The molecule has 2 heterocycles. The maximum absolute atomic E-state index is 12.4. The third-order valence-corrected chi connectivity index (χ3v) is 5.17. The van der Waals surface area contributed by atoms with Crippen molar-refractivity contribution in [3.8, 4) is 0 Å². The van der Waals surface area contributed by atoms with Crippen molar-refractivity contribution in [2.24, 2.45) is 0 Å². The van der Waals surface area contributed by atoms with Crippen LogP contribution in [0, 0.1) is 27.7 Å². The molecule has 5 heteroatoms. The summed E-state index contributed by atoms with van der Waals surface area (Å²) in [6.45, 7) is 10.2. The number of nitrogens with zero attached hydrogens (tertiary/aromatic N) is 1. The second kappa shape index (κ2) is 5.81. The third kappa shape index (κ3) is 3.01. The van der Waals surface area contributed by atoms with Gasteiger partial charge in [-0.1, -0.05) is 6.07 Å². The van der Waals surface area contributed by atoms with E-state index in [4.69, 9.17) is 0 Å². The van der Waals surface area contributed by atoms with E-state index in [2.05, 4.69) is 47.3 Å². The average Bonchev–Trinajstić information content (AvgIpc) is 2.73. The zero-order valence-electron chi connectivity index (χ0n) is 14.1. The number of nitrogens with one attached hydrogen (secondary N) is 2. The number of anilines is 1. The van der Waals surface area contributed by atoms with Crippen LogP contribution in [-0.2, 0) is 0 Å². The molecular weight excluding hydrogens is 306 g/mol. The molecule has 0 radical (unpaired) electrons. The molecule has 0 aliphatic rings. The van der Waals surface area contributed by atoms with Gasteiger partial charge in [-0.15, -0.1) is 11.3 Å². The summed E-state index contributed by atoms with van der Waals surface area (Å²) in [5, 5.41) is 4.14. The van der Waals surface area contributed by atoms with Crippen LogP contribution in [0.5, 0.6) is 0 Å². The van der Waals surface area contributed by atoms with Crippen LogP contribution in [0.4, 0.5) is 5.69 Å². The van der Waals surface area contributed by atoms with Crippen LogP contribution in [0.1, 0.15) is 40.4 Å². The number of aryl methyl sites for hydroxylation is 4. The van der Waals surface area contributed by atoms with Gasteiger partial charge in [-0.25, -0.2) is 4.98 Å². The summed E-state index contributed by atoms with van der Waals surface area (Å²) in [6, 6.07) is 6.26. The molecule has 3 aromatic rings. The van der Waals surface area contributed by atoms with Crippen molar-refractivity contribution in [1.29, 1.82) is 0 Å². The smallest absolute Gasteiger partial charge is 0.259 e. The van der Waals surface area contributed by atoms with Crippen LogP contribution in [-0.4, -0.2) is 9.97 Å². The first-order valence-electron chi connectivity index (χ1n) is 7.70. The Morgan fingerprint density at radius 2 is 1.78 bits per heavy atom. The summed E-state index contributed by atoms with van der Waals surface area (Å²) in [7, 11) is 0. The maximum Gasteiger partial charge on any atom is 0.259 e. The molecule has 0 saturated heterocycles. The highest BCUT2D eigenvalue weighted by atomic mass is 32.1. The van der Waals surface area contributed by atoms with Crippen LogP contribution >= 0.6 is 11.3 Å². The standard InChI is InChI=1S/C18H21N3OS/c1-9-6-10(2)8-14(7-9)19-12(4)16-20-17(22)15-11(3)13(5)23-18(15)21-16/h6-8,12,19H,1-5H3,(H,20,21,22)/t12-/m1/s1. The van der Waals surface area contributed by atoms with E-state index in [1.54, 1.807) is 11.3 Å². The number of H-pyrrole nitrogens is 1. The summed E-state index contributed by atoms with van der Waals surface area (Å²) in [4.78, 5) is 21.9. The molecule has 0 amide bonds. The number of rotatable bonds is 3. The van der Waals surface area contributed by atoms with Gasteiger partial charge in [0.1, 0.15) is 10.7 Å². The van der Waals surface area contributed by atoms with Gasteiger partial charge in [0.15, 0.2) is 0 Å².